The maximum absolute atomic E-state index is 13.0. The van der Waals surface area contributed by atoms with Gasteiger partial charge >= 0.3 is 5.76 Å². The number of sulfone groups is 1. The molecule has 0 aliphatic rings. The molecule has 0 unspecified atom stereocenters. The first-order chi connectivity index (χ1) is 14.4. The van der Waals surface area contributed by atoms with E-state index in [0.717, 1.165) is 11.6 Å². The molecule has 0 spiro atoms. The minimum absolute atomic E-state index is 0.0986. The predicted octanol–water partition coefficient (Wildman–Crippen LogP) is 3.92. The number of para-hydroxylation sites is 1. The fourth-order valence-corrected chi connectivity index (χ4v) is 3.82. The Bertz CT molecular complexity index is 1070. The van der Waals surface area contributed by atoms with Crippen molar-refractivity contribution in [2.75, 3.05) is 11.9 Å². The van der Waals surface area contributed by atoms with Gasteiger partial charge in [0.05, 0.1) is 29.9 Å². The van der Waals surface area contributed by atoms with E-state index in [2.05, 4.69) is 5.32 Å². The maximum atomic E-state index is 13.0. The van der Waals surface area contributed by atoms with Crippen molar-refractivity contribution in [2.24, 2.45) is 0 Å². The van der Waals surface area contributed by atoms with E-state index in [0.29, 0.717) is 18.8 Å². The highest BCUT2D eigenvalue weighted by atomic mass is 32.2. The predicted molar refractivity (Wildman–Crippen MR) is 108 cm³/mol. The number of hydrogen-bond acceptors (Lipinski definition) is 5. The number of rotatable bonds is 9. The van der Waals surface area contributed by atoms with Crippen LogP contribution in [0.5, 0.6) is 0 Å². The van der Waals surface area contributed by atoms with Crippen LogP contribution in [0.25, 0.3) is 0 Å². The monoisotopic (exact) mass is 434 g/mol. The summed E-state index contributed by atoms with van der Waals surface area (Å²) in [5.41, 5.74) is 0.790. The molecule has 1 heterocycles. The number of halogens is 2. The molecule has 0 aliphatic heterocycles. The number of hydrogen-bond donors (Lipinski definition) is 1. The van der Waals surface area contributed by atoms with Crippen molar-refractivity contribution >= 4 is 21.4 Å². The molecule has 1 N–H and O–H groups in total. The second kappa shape index (κ2) is 9.64. The van der Waals surface area contributed by atoms with Crippen LogP contribution in [0.15, 0.2) is 82.3 Å². The number of amides is 1. The zero-order chi connectivity index (χ0) is 21.6. The summed E-state index contributed by atoms with van der Waals surface area (Å²) in [4.78, 5) is 13.8. The lowest BCUT2D eigenvalue weighted by Gasteiger charge is -2.21. The Morgan fingerprint density at radius 3 is 2.33 bits per heavy atom. The Labute approximate surface area is 173 Å². The van der Waals surface area contributed by atoms with Crippen LogP contribution in [0.1, 0.15) is 11.3 Å². The third-order valence-corrected chi connectivity index (χ3v) is 5.72. The van der Waals surface area contributed by atoms with Gasteiger partial charge in [-0.1, -0.05) is 42.5 Å². The standard InChI is InChI=1S/C21H20F2N2O4S/c22-21(23)30(27,28)19-11-5-4-10-18(19)24-20(26)15-25(14-17-9-6-12-29-17)13-16-7-2-1-3-8-16/h1-12,21H,13-15H2,(H,24,26). The molecule has 0 fully saturated rings. The highest BCUT2D eigenvalue weighted by Gasteiger charge is 2.29. The number of carbonyl (C=O) groups excluding carboxylic acids is 1. The molecule has 30 heavy (non-hydrogen) atoms. The normalized spacial score (nSPS) is 11.7. The van der Waals surface area contributed by atoms with Crippen molar-refractivity contribution in [3.63, 3.8) is 0 Å². The van der Waals surface area contributed by atoms with Crippen LogP contribution < -0.4 is 5.32 Å². The van der Waals surface area contributed by atoms with Crippen LogP contribution in [-0.4, -0.2) is 31.5 Å². The summed E-state index contributed by atoms with van der Waals surface area (Å²) in [5.74, 6) is -3.46. The molecule has 9 heteroatoms. The van der Waals surface area contributed by atoms with Crippen molar-refractivity contribution in [3.8, 4) is 0 Å². The van der Waals surface area contributed by atoms with Crippen molar-refractivity contribution in [1.29, 1.82) is 0 Å². The summed E-state index contributed by atoms with van der Waals surface area (Å²) >= 11 is 0. The lowest BCUT2D eigenvalue weighted by Crippen LogP contribution is -2.33. The second-order valence-electron chi connectivity index (χ2n) is 6.56. The van der Waals surface area contributed by atoms with Gasteiger partial charge in [0.15, 0.2) is 0 Å². The molecular formula is C21H20F2N2O4S. The molecule has 1 aromatic heterocycles. The maximum Gasteiger partial charge on any atom is 0.341 e. The van der Waals surface area contributed by atoms with Crippen LogP contribution in [-0.2, 0) is 27.7 Å². The van der Waals surface area contributed by atoms with E-state index in [1.807, 2.05) is 30.3 Å². The number of furan rings is 1. The molecule has 3 aromatic rings. The second-order valence-corrected chi connectivity index (χ2v) is 8.45. The summed E-state index contributed by atoms with van der Waals surface area (Å²) in [7, 11) is -4.85. The largest absolute Gasteiger partial charge is 0.468 e. The molecular weight excluding hydrogens is 414 g/mol. The SMILES string of the molecule is O=C(CN(Cc1ccccc1)Cc1ccco1)Nc1ccccc1S(=O)(=O)C(F)F. The molecule has 1 amide bonds. The van der Waals surface area contributed by atoms with E-state index in [1.165, 1.54) is 24.5 Å². The average molecular weight is 434 g/mol. The highest BCUT2D eigenvalue weighted by molar-refractivity contribution is 7.91. The molecule has 158 valence electrons. The number of carbonyl (C=O) groups is 1. The van der Waals surface area contributed by atoms with Crippen molar-refractivity contribution in [3.05, 3.63) is 84.3 Å². The van der Waals surface area contributed by atoms with Gasteiger partial charge in [0.1, 0.15) is 5.76 Å². The van der Waals surface area contributed by atoms with Gasteiger partial charge < -0.3 is 9.73 Å². The Hall–Kier alpha value is -3.04. The van der Waals surface area contributed by atoms with Crippen molar-refractivity contribution < 1.29 is 26.4 Å². The summed E-state index contributed by atoms with van der Waals surface area (Å²) in [6.07, 6.45) is 1.53. The van der Waals surface area contributed by atoms with Gasteiger partial charge in [0, 0.05) is 6.54 Å². The minimum atomic E-state index is -4.85. The van der Waals surface area contributed by atoms with E-state index in [-0.39, 0.29) is 12.2 Å². The summed E-state index contributed by atoms with van der Waals surface area (Å²) in [6.45, 7) is 0.677. The fraction of sp³-hybridized carbons (Fsp3) is 0.190. The van der Waals surface area contributed by atoms with Gasteiger partial charge in [-0.05, 0) is 29.8 Å². The Morgan fingerprint density at radius 2 is 1.67 bits per heavy atom. The minimum Gasteiger partial charge on any atom is -0.468 e. The first kappa shape index (κ1) is 21.7. The average Bonchev–Trinajstić information content (AvgIpc) is 3.22. The van der Waals surface area contributed by atoms with E-state index in [1.54, 1.807) is 17.0 Å². The molecule has 0 bridgehead atoms. The van der Waals surface area contributed by atoms with Crippen molar-refractivity contribution in [1.82, 2.24) is 4.90 Å². The highest BCUT2D eigenvalue weighted by Crippen LogP contribution is 2.26. The third-order valence-electron chi connectivity index (χ3n) is 4.28. The number of anilines is 1. The molecule has 6 nitrogen and oxygen atoms in total. The first-order valence-corrected chi connectivity index (χ1v) is 10.6. The molecule has 0 saturated carbocycles. The van der Waals surface area contributed by atoms with E-state index >= 15 is 0 Å². The topological polar surface area (TPSA) is 79.6 Å². The molecule has 0 atom stereocenters. The number of nitrogens with one attached hydrogen (secondary N) is 1. The molecule has 3 rings (SSSR count). The summed E-state index contributed by atoms with van der Waals surface area (Å²) in [6, 6.07) is 18.1. The van der Waals surface area contributed by atoms with Crippen LogP contribution in [0, 0.1) is 0 Å². The van der Waals surface area contributed by atoms with Crippen LogP contribution in [0.4, 0.5) is 14.5 Å². The van der Waals surface area contributed by atoms with Gasteiger partial charge in [-0.15, -0.1) is 0 Å². The molecule has 0 radical (unpaired) electrons. The van der Waals surface area contributed by atoms with Crippen molar-refractivity contribution in [2.45, 2.75) is 23.7 Å². The van der Waals surface area contributed by atoms with Gasteiger partial charge in [-0.2, -0.15) is 8.78 Å². The van der Waals surface area contributed by atoms with E-state index < -0.39 is 26.4 Å². The van der Waals surface area contributed by atoms with E-state index in [9.17, 15) is 22.0 Å². The number of alkyl halides is 2. The Morgan fingerprint density at radius 1 is 0.967 bits per heavy atom. The number of nitrogens with zero attached hydrogens (tertiary/aromatic N) is 1. The smallest absolute Gasteiger partial charge is 0.341 e. The van der Waals surface area contributed by atoms with Gasteiger partial charge in [0.25, 0.3) is 0 Å². The van der Waals surface area contributed by atoms with Gasteiger partial charge in [0.2, 0.25) is 15.7 Å². The van der Waals surface area contributed by atoms with Gasteiger partial charge in [-0.25, -0.2) is 8.42 Å². The zero-order valence-corrected chi connectivity index (χ0v) is 16.7. The quantitative estimate of drug-likeness (QED) is 0.552. The lowest BCUT2D eigenvalue weighted by atomic mass is 10.2. The molecule has 0 aliphatic carbocycles. The number of benzene rings is 2. The zero-order valence-electron chi connectivity index (χ0n) is 15.9. The Kier molecular flexibility index (Phi) is 6.96. The van der Waals surface area contributed by atoms with Crippen LogP contribution >= 0.6 is 0 Å². The Balaban J connectivity index is 1.76. The fourth-order valence-electron chi connectivity index (χ4n) is 2.94. The van der Waals surface area contributed by atoms with Gasteiger partial charge in [-0.3, -0.25) is 9.69 Å². The lowest BCUT2D eigenvalue weighted by molar-refractivity contribution is -0.117. The molecule has 2 aromatic carbocycles. The third kappa shape index (κ3) is 5.52. The van der Waals surface area contributed by atoms with E-state index in [4.69, 9.17) is 4.42 Å². The first-order valence-electron chi connectivity index (χ1n) is 9.06. The molecule has 0 saturated heterocycles. The summed E-state index contributed by atoms with van der Waals surface area (Å²) in [5, 5.41) is 2.44. The van der Waals surface area contributed by atoms with Crippen LogP contribution in [0.2, 0.25) is 0 Å². The van der Waals surface area contributed by atoms with Crippen LogP contribution in [0.3, 0.4) is 0 Å². The summed E-state index contributed by atoms with van der Waals surface area (Å²) < 4.78 is 55.0.